The molecule has 0 radical (unpaired) electrons. The molecule has 18 heavy (non-hydrogen) atoms. The molecule has 2 heteroatoms. The Morgan fingerprint density at radius 3 is 2.44 bits per heavy atom. The number of rotatable bonds is 7. The summed E-state index contributed by atoms with van der Waals surface area (Å²) in [6, 6.07) is 9.94. The second-order valence-corrected chi connectivity index (χ2v) is 5.37. The highest BCUT2D eigenvalue weighted by Gasteiger charge is 2.08. The largest absolute Gasteiger partial charge is 0.345 e. The van der Waals surface area contributed by atoms with Gasteiger partial charge in [0.15, 0.2) is 0 Å². The van der Waals surface area contributed by atoms with Crippen molar-refractivity contribution in [2.24, 2.45) is 5.92 Å². The van der Waals surface area contributed by atoms with E-state index in [4.69, 9.17) is 0 Å². The fraction of sp³-hybridized carbons (Fsp3) is 0.562. The molecule has 0 bridgehead atoms. The summed E-state index contributed by atoms with van der Waals surface area (Å²) in [5.41, 5.74) is 1.09. The molecule has 0 aromatic heterocycles. The fourth-order valence-corrected chi connectivity index (χ4v) is 1.93. The summed E-state index contributed by atoms with van der Waals surface area (Å²) < 4.78 is 0. The van der Waals surface area contributed by atoms with Crippen LogP contribution in [0.2, 0.25) is 0 Å². The lowest BCUT2D eigenvalue weighted by Gasteiger charge is -2.17. The van der Waals surface area contributed by atoms with Gasteiger partial charge in [0, 0.05) is 13.6 Å². The predicted octanol–water partition coefficient (Wildman–Crippen LogP) is 3.51. The highest BCUT2D eigenvalue weighted by molar-refractivity contribution is 5.78. The molecule has 0 fully saturated rings. The molecule has 0 atom stereocenters. The molecule has 100 valence electrons. The molecule has 0 N–H and O–H groups in total. The van der Waals surface area contributed by atoms with Gasteiger partial charge in [0.1, 0.15) is 0 Å². The third-order valence-corrected chi connectivity index (χ3v) is 3.15. The van der Waals surface area contributed by atoms with Crippen molar-refractivity contribution in [2.75, 3.05) is 13.6 Å². The van der Waals surface area contributed by atoms with Crippen LogP contribution in [0.4, 0.5) is 0 Å². The van der Waals surface area contributed by atoms with E-state index in [0.29, 0.717) is 6.42 Å². The Morgan fingerprint density at radius 2 is 1.83 bits per heavy atom. The molecule has 0 heterocycles. The normalized spacial score (nSPS) is 10.7. The molecule has 0 unspecified atom stereocenters. The number of carbonyl (C=O) groups excluding carboxylic acids is 1. The van der Waals surface area contributed by atoms with Crippen molar-refractivity contribution < 1.29 is 4.79 Å². The first kappa shape index (κ1) is 14.7. The lowest BCUT2D eigenvalue weighted by atomic mass is 10.1. The van der Waals surface area contributed by atoms with Gasteiger partial charge in [-0.25, -0.2) is 0 Å². The number of hydrogen-bond acceptors (Lipinski definition) is 1. The van der Waals surface area contributed by atoms with E-state index >= 15 is 0 Å². The first-order chi connectivity index (χ1) is 8.59. The molecule has 2 nitrogen and oxygen atoms in total. The number of carbonyl (C=O) groups is 1. The number of hydrogen-bond donors (Lipinski definition) is 0. The molecular weight excluding hydrogens is 222 g/mol. The van der Waals surface area contributed by atoms with Crippen LogP contribution in [-0.2, 0) is 11.2 Å². The number of unbranched alkanes of at least 4 members (excludes halogenated alkanes) is 1. The van der Waals surface area contributed by atoms with E-state index < -0.39 is 0 Å². The zero-order valence-electron chi connectivity index (χ0n) is 11.9. The van der Waals surface area contributed by atoms with Crippen molar-refractivity contribution in [1.82, 2.24) is 4.90 Å². The summed E-state index contributed by atoms with van der Waals surface area (Å²) in [5.74, 6) is 0.973. The Labute approximate surface area is 111 Å². The Balaban J connectivity index is 2.25. The summed E-state index contributed by atoms with van der Waals surface area (Å²) >= 11 is 0. The van der Waals surface area contributed by atoms with Crippen LogP contribution in [0.15, 0.2) is 30.3 Å². The highest BCUT2D eigenvalue weighted by Crippen LogP contribution is 2.07. The van der Waals surface area contributed by atoms with Crippen LogP contribution in [0.1, 0.15) is 38.7 Å². The maximum absolute atomic E-state index is 12.0. The molecule has 0 saturated heterocycles. The average molecular weight is 247 g/mol. The first-order valence-corrected chi connectivity index (χ1v) is 6.87. The van der Waals surface area contributed by atoms with Gasteiger partial charge in [-0.1, -0.05) is 57.0 Å². The Morgan fingerprint density at radius 1 is 1.17 bits per heavy atom. The van der Waals surface area contributed by atoms with Crippen molar-refractivity contribution >= 4 is 5.91 Å². The van der Waals surface area contributed by atoms with Crippen LogP contribution >= 0.6 is 0 Å². The highest BCUT2D eigenvalue weighted by atomic mass is 16.2. The minimum absolute atomic E-state index is 0.214. The molecule has 1 aromatic carbocycles. The summed E-state index contributed by atoms with van der Waals surface area (Å²) in [5, 5.41) is 0. The summed E-state index contributed by atoms with van der Waals surface area (Å²) in [4.78, 5) is 13.8. The molecule has 0 aliphatic carbocycles. The van der Waals surface area contributed by atoms with Gasteiger partial charge in [-0.2, -0.15) is 0 Å². The third-order valence-electron chi connectivity index (χ3n) is 3.15. The topological polar surface area (TPSA) is 20.3 Å². The second kappa shape index (κ2) is 7.91. The number of benzene rings is 1. The van der Waals surface area contributed by atoms with Gasteiger partial charge in [-0.05, 0) is 17.9 Å². The number of likely N-dealkylation sites (N-methyl/N-ethyl adjacent to an activating group) is 1. The average Bonchev–Trinajstić information content (AvgIpc) is 2.35. The third kappa shape index (κ3) is 5.85. The van der Waals surface area contributed by atoms with Crippen molar-refractivity contribution in [3.05, 3.63) is 35.9 Å². The zero-order valence-corrected chi connectivity index (χ0v) is 11.9. The van der Waals surface area contributed by atoms with E-state index in [2.05, 4.69) is 13.8 Å². The predicted molar refractivity (Wildman–Crippen MR) is 76.5 cm³/mol. The van der Waals surface area contributed by atoms with Crippen LogP contribution < -0.4 is 0 Å². The van der Waals surface area contributed by atoms with Crippen molar-refractivity contribution in [2.45, 2.75) is 39.5 Å². The Hall–Kier alpha value is -1.31. The summed E-state index contributed by atoms with van der Waals surface area (Å²) in [6.45, 7) is 5.35. The van der Waals surface area contributed by atoms with Crippen LogP contribution in [-0.4, -0.2) is 24.4 Å². The minimum Gasteiger partial charge on any atom is -0.345 e. The molecule has 1 aromatic rings. The Bertz CT molecular complexity index is 345. The van der Waals surface area contributed by atoms with Gasteiger partial charge in [0.25, 0.3) is 0 Å². The zero-order chi connectivity index (χ0) is 13.4. The molecule has 1 amide bonds. The molecule has 0 aliphatic heterocycles. The first-order valence-electron chi connectivity index (χ1n) is 6.87. The maximum Gasteiger partial charge on any atom is 0.226 e. The molecule has 1 rings (SSSR count). The monoisotopic (exact) mass is 247 g/mol. The molecule has 0 spiro atoms. The van der Waals surface area contributed by atoms with Gasteiger partial charge >= 0.3 is 0 Å². The fourth-order valence-electron chi connectivity index (χ4n) is 1.93. The van der Waals surface area contributed by atoms with Gasteiger partial charge in [-0.15, -0.1) is 0 Å². The van der Waals surface area contributed by atoms with E-state index in [0.717, 1.165) is 24.4 Å². The van der Waals surface area contributed by atoms with Gasteiger partial charge in [0.05, 0.1) is 6.42 Å². The van der Waals surface area contributed by atoms with E-state index in [1.807, 2.05) is 42.3 Å². The smallest absolute Gasteiger partial charge is 0.226 e. The maximum atomic E-state index is 12.0. The lowest BCUT2D eigenvalue weighted by Crippen LogP contribution is -2.29. The summed E-state index contributed by atoms with van der Waals surface area (Å²) in [6.07, 6.45) is 4.08. The number of nitrogens with zero attached hydrogens (tertiary/aromatic N) is 1. The molecule has 0 saturated carbocycles. The lowest BCUT2D eigenvalue weighted by molar-refractivity contribution is -0.129. The molecular formula is C16H25NO. The van der Waals surface area contributed by atoms with Crippen molar-refractivity contribution in [1.29, 1.82) is 0 Å². The van der Waals surface area contributed by atoms with Gasteiger partial charge in [-0.3, -0.25) is 4.79 Å². The van der Waals surface area contributed by atoms with Crippen molar-refractivity contribution in [3.63, 3.8) is 0 Å². The quantitative estimate of drug-likeness (QED) is 0.675. The summed E-state index contributed by atoms with van der Waals surface area (Å²) in [7, 11) is 1.90. The van der Waals surface area contributed by atoms with E-state index in [-0.39, 0.29) is 5.91 Å². The SMILES string of the molecule is CC(C)CCCCN(C)C(=O)Cc1ccccc1. The van der Waals surface area contributed by atoms with Crippen LogP contribution in [0.25, 0.3) is 0 Å². The minimum atomic E-state index is 0.214. The number of amides is 1. The second-order valence-electron chi connectivity index (χ2n) is 5.37. The Kier molecular flexibility index (Phi) is 6.48. The van der Waals surface area contributed by atoms with E-state index in [1.165, 1.54) is 12.8 Å². The van der Waals surface area contributed by atoms with E-state index in [1.54, 1.807) is 0 Å². The van der Waals surface area contributed by atoms with Gasteiger partial charge < -0.3 is 4.90 Å². The van der Waals surface area contributed by atoms with Crippen LogP contribution in [0.3, 0.4) is 0 Å². The van der Waals surface area contributed by atoms with Crippen LogP contribution in [0, 0.1) is 5.92 Å². The molecule has 0 aliphatic rings. The van der Waals surface area contributed by atoms with Crippen molar-refractivity contribution in [3.8, 4) is 0 Å². The van der Waals surface area contributed by atoms with Crippen LogP contribution in [0.5, 0.6) is 0 Å². The van der Waals surface area contributed by atoms with Gasteiger partial charge in [0.2, 0.25) is 5.91 Å². The van der Waals surface area contributed by atoms with E-state index in [9.17, 15) is 4.79 Å². The standard InChI is InChI=1S/C16H25NO/c1-14(2)9-7-8-12-17(3)16(18)13-15-10-5-4-6-11-15/h4-6,10-11,14H,7-9,12-13H2,1-3H3.